The van der Waals surface area contributed by atoms with E-state index >= 15 is 0 Å². The first-order valence-electron chi connectivity index (χ1n) is 11.0. The maximum absolute atomic E-state index is 12.0. The number of allylic oxidation sites excluding steroid dienone is 4. The Hall–Kier alpha value is -2.84. The molecule has 33 heavy (non-hydrogen) atoms. The normalized spacial score (nSPS) is 20.4. The van der Waals surface area contributed by atoms with Gasteiger partial charge in [0, 0.05) is 22.1 Å². The van der Waals surface area contributed by atoms with E-state index in [9.17, 15) is 9.59 Å². The molecule has 170 valence electrons. The van der Waals surface area contributed by atoms with Crippen LogP contribution in [0.5, 0.6) is 5.75 Å². The molecule has 1 fully saturated rings. The van der Waals surface area contributed by atoms with Crippen molar-refractivity contribution < 1.29 is 18.7 Å². The summed E-state index contributed by atoms with van der Waals surface area (Å²) in [4.78, 5) is 28.1. The van der Waals surface area contributed by atoms with Gasteiger partial charge in [-0.1, -0.05) is 43.0 Å². The van der Waals surface area contributed by atoms with Gasteiger partial charge in [0.15, 0.2) is 0 Å². The molecule has 0 saturated carbocycles. The lowest BCUT2D eigenvalue weighted by Crippen LogP contribution is -2.25. The maximum Gasteiger partial charge on any atom is 0.286 e. The summed E-state index contributed by atoms with van der Waals surface area (Å²) in [7, 11) is 0. The number of oxazole rings is 1. The molecule has 2 unspecified atom stereocenters. The molecule has 3 heterocycles. The van der Waals surface area contributed by atoms with E-state index in [4.69, 9.17) is 14.1 Å². The summed E-state index contributed by atoms with van der Waals surface area (Å²) in [6.07, 6.45) is 8.64. The predicted octanol–water partition coefficient (Wildman–Crippen LogP) is 5.69. The number of aromatic nitrogens is 1. The second-order valence-corrected chi connectivity index (χ2v) is 10.4. The first-order valence-corrected chi connectivity index (χ1v) is 12.7. The Morgan fingerprint density at radius 2 is 2.15 bits per heavy atom. The SMILES string of the molecule is Cc1oc(C2=CC(C)CC=C2)nc1CCOc1ccc(CC2SC(=O)NC2=O)c2sccc12. The Bertz CT molecular complexity index is 1290. The molecule has 2 aromatic heterocycles. The minimum absolute atomic E-state index is 0.216. The fraction of sp³-hybridized carbons (Fsp3) is 0.320. The lowest BCUT2D eigenvalue weighted by molar-refractivity contribution is -0.118. The molecular weight excluding hydrogens is 456 g/mol. The van der Waals surface area contributed by atoms with Crippen molar-refractivity contribution in [3.8, 4) is 5.75 Å². The van der Waals surface area contributed by atoms with Gasteiger partial charge < -0.3 is 9.15 Å². The Morgan fingerprint density at radius 3 is 2.94 bits per heavy atom. The molecule has 1 N–H and O–H groups in total. The molecule has 8 heteroatoms. The molecular formula is C25H24N2O4S2. The van der Waals surface area contributed by atoms with Crippen LogP contribution in [0.2, 0.25) is 0 Å². The van der Waals surface area contributed by atoms with Crippen molar-refractivity contribution in [1.29, 1.82) is 0 Å². The summed E-state index contributed by atoms with van der Waals surface area (Å²) in [6.45, 7) is 4.61. The number of aryl methyl sites for hydroxylation is 1. The van der Waals surface area contributed by atoms with Crippen LogP contribution in [0.4, 0.5) is 4.79 Å². The number of thiophene rings is 1. The number of fused-ring (bicyclic) bond motifs is 1. The van der Waals surface area contributed by atoms with Crippen LogP contribution in [-0.4, -0.2) is 28.0 Å². The van der Waals surface area contributed by atoms with Crippen LogP contribution in [0.1, 0.15) is 36.3 Å². The maximum atomic E-state index is 12.0. The standard InChI is InChI=1S/C25H24N2O4S2/c1-14-4-3-5-17(12-14)24-26-19(15(2)31-24)8-10-30-20-7-6-16(22-18(20)9-11-32-22)13-21-23(28)27-25(29)33-21/h3,5-7,9,11-12,14,21H,4,8,10,13H2,1-2H3,(H,27,28,29). The highest BCUT2D eigenvalue weighted by molar-refractivity contribution is 8.15. The summed E-state index contributed by atoms with van der Waals surface area (Å²) in [6, 6.07) is 5.98. The third kappa shape index (κ3) is 4.63. The number of imide groups is 1. The molecule has 0 spiro atoms. The van der Waals surface area contributed by atoms with E-state index in [2.05, 4.69) is 30.5 Å². The van der Waals surface area contributed by atoms with Gasteiger partial charge in [0.1, 0.15) is 11.5 Å². The van der Waals surface area contributed by atoms with Gasteiger partial charge in [-0.25, -0.2) is 4.98 Å². The van der Waals surface area contributed by atoms with Crippen LogP contribution in [0, 0.1) is 12.8 Å². The smallest absolute Gasteiger partial charge is 0.286 e. The average Bonchev–Trinajstić information content (AvgIpc) is 3.49. The van der Waals surface area contributed by atoms with E-state index in [1.165, 1.54) is 0 Å². The number of carbonyl (C=O) groups is 2. The number of ether oxygens (including phenoxy) is 1. The molecule has 1 saturated heterocycles. The van der Waals surface area contributed by atoms with E-state index in [0.717, 1.165) is 56.6 Å². The minimum atomic E-state index is -0.379. The predicted molar refractivity (Wildman–Crippen MR) is 132 cm³/mol. The summed E-state index contributed by atoms with van der Waals surface area (Å²) in [5, 5.41) is 4.75. The van der Waals surface area contributed by atoms with E-state index in [1.807, 2.05) is 30.5 Å². The summed E-state index contributed by atoms with van der Waals surface area (Å²) >= 11 is 2.68. The van der Waals surface area contributed by atoms with Crippen LogP contribution < -0.4 is 10.1 Å². The van der Waals surface area contributed by atoms with Gasteiger partial charge >= 0.3 is 0 Å². The highest BCUT2D eigenvalue weighted by Gasteiger charge is 2.32. The molecule has 2 amide bonds. The lowest BCUT2D eigenvalue weighted by atomic mass is 9.98. The van der Waals surface area contributed by atoms with Gasteiger partial charge in [-0.3, -0.25) is 14.9 Å². The van der Waals surface area contributed by atoms with E-state index in [-0.39, 0.29) is 16.4 Å². The van der Waals surface area contributed by atoms with Crippen molar-refractivity contribution in [3.63, 3.8) is 0 Å². The number of hydrogen-bond donors (Lipinski definition) is 1. The van der Waals surface area contributed by atoms with E-state index in [0.29, 0.717) is 31.3 Å². The van der Waals surface area contributed by atoms with Crippen LogP contribution in [0.25, 0.3) is 15.7 Å². The van der Waals surface area contributed by atoms with Crippen LogP contribution in [0.3, 0.4) is 0 Å². The molecule has 1 aliphatic carbocycles. The van der Waals surface area contributed by atoms with E-state index in [1.54, 1.807) is 11.3 Å². The van der Waals surface area contributed by atoms with Crippen LogP contribution >= 0.6 is 23.1 Å². The van der Waals surface area contributed by atoms with Gasteiger partial charge in [0.05, 0.1) is 17.6 Å². The molecule has 5 rings (SSSR count). The molecule has 0 bridgehead atoms. The Morgan fingerprint density at radius 1 is 1.27 bits per heavy atom. The largest absolute Gasteiger partial charge is 0.493 e. The number of benzene rings is 1. The number of thioether (sulfide) groups is 1. The van der Waals surface area contributed by atoms with Gasteiger partial charge in [-0.2, -0.15) is 0 Å². The third-order valence-corrected chi connectivity index (χ3v) is 7.81. The number of hydrogen-bond acceptors (Lipinski definition) is 7. The number of nitrogens with one attached hydrogen (secondary N) is 1. The fourth-order valence-corrected chi connectivity index (χ4v) is 5.92. The first-order chi connectivity index (χ1) is 16.0. The fourth-order valence-electron chi connectivity index (χ4n) is 4.13. The zero-order chi connectivity index (χ0) is 22.9. The summed E-state index contributed by atoms with van der Waals surface area (Å²) in [5.74, 6) is 2.57. The number of nitrogens with zero attached hydrogens (tertiary/aromatic N) is 1. The number of carbonyl (C=O) groups excluding carboxylic acids is 2. The summed E-state index contributed by atoms with van der Waals surface area (Å²) < 4.78 is 13.1. The van der Waals surface area contributed by atoms with Crippen molar-refractivity contribution in [3.05, 3.63) is 64.7 Å². The quantitative estimate of drug-likeness (QED) is 0.468. The van der Waals surface area contributed by atoms with Crippen molar-refractivity contribution in [2.75, 3.05) is 6.61 Å². The number of rotatable bonds is 7. The highest BCUT2D eigenvalue weighted by atomic mass is 32.2. The second-order valence-electron chi connectivity index (χ2n) is 8.33. The van der Waals surface area contributed by atoms with Crippen molar-refractivity contribution >= 4 is 49.9 Å². The zero-order valence-corrected chi connectivity index (χ0v) is 20.1. The van der Waals surface area contributed by atoms with Crippen LogP contribution in [-0.2, 0) is 17.6 Å². The molecule has 1 aliphatic heterocycles. The van der Waals surface area contributed by atoms with Gasteiger partial charge in [0.2, 0.25) is 11.8 Å². The summed E-state index contributed by atoms with van der Waals surface area (Å²) in [5.41, 5.74) is 3.00. The Balaban J connectivity index is 1.26. The van der Waals surface area contributed by atoms with Crippen LogP contribution in [0.15, 0.2) is 46.2 Å². The highest BCUT2D eigenvalue weighted by Crippen LogP contribution is 2.35. The topological polar surface area (TPSA) is 81.4 Å². The average molecular weight is 481 g/mol. The second kappa shape index (κ2) is 9.19. The molecule has 3 aromatic rings. The van der Waals surface area contributed by atoms with E-state index < -0.39 is 0 Å². The molecule has 0 radical (unpaired) electrons. The number of amides is 2. The first kappa shape index (κ1) is 22.0. The van der Waals surface area contributed by atoms with Gasteiger partial charge in [0.25, 0.3) is 5.24 Å². The molecule has 6 nitrogen and oxygen atoms in total. The van der Waals surface area contributed by atoms with Gasteiger partial charge in [-0.15, -0.1) is 11.3 Å². The van der Waals surface area contributed by atoms with Gasteiger partial charge in [-0.05, 0) is 48.8 Å². The minimum Gasteiger partial charge on any atom is -0.493 e. The lowest BCUT2D eigenvalue weighted by Gasteiger charge is -2.11. The van der Waals surface area contributed by atoms with Crippen molar-refractivity contribution in [2.45, 2.75) is 38.4 Å². The monoisotopic (exact) mass is 480 g/mol. The third-order valence-electron chi connectivity index (χ3n) is 5.84. The Labute approximate surface area is 200 Å². The van der Waals surface area contributed by atoms with Crippen molar-refractivity contribution in [1.82, 2.24) is 10.3 Å². The molecule has 2 aliphatic rings. The Kier molecular flexibility index (Phi) is 6.12. The molecule has 2 atom stereocenters. The van der Waals surface area contributed by atoms with Crippen molar-refractivity contribution in [2.24, 2.45) is 5.92 Å². The zero-order valence-electron chi connectivity index (χ0n) is 18.4. The molecule has 1 aromatic carbocycles.